The summed E-state index contributed by atoms with van der Waals surface area (Å²) >= 11 is 0. The Morgan fingerprint density at radius 1 is 1.23 bits per heavy atom. The fourth-order valence-electron chi connectivity index (χ4n) is 7.31. The third-order valence-electron chi connectivity index (χ3n) is 8.79. The van der Waals surface area contributed by atoms with E-state index in [9.17, 15) is 28.2 Å². The van der Waals surface area contributed by atoms with Gasteiger partial charge in [0.1, 0.15) is 0 Å². The van der Waals surface area contributed by atoms with Crippen molar-refractivity contribution < 1.29 is 33.0 Å². The molecule has 2 unspecified atom stereocenters. The van der Waals surface area contributed by atoms with Crippen LogP contribution in [-0.4, -0.2) is 54.3 Å². The Morgan fingerprint density at radius 2 is 1.93 bits per heavy atom. The van der Waals surface area contributed by atoms with E-state index in [0.717, 1.165) is 31.1 Å². The van der Waals surface area contributed by atoms with Gasteiger partial charge in [-0.25, -0.2) is 13.2 Å². The SMILES string of the molecule is C[C@]12CCC(=O)C=C1CC[C@@H]1[C@H]2C(O)C[C@@]2(C)[C@H]1CCC2(O)C(=O)OCS(C)(=O)=O. The number of esters is 1. The quantitative estimate of drug-likeness (QED) is 0.642. The highest BCUT2D eigenvalue weighted by Crippen LogP contribution is 2.67. The van der Waals surface area contributed by atoms with Crippen LogP contribution in [0.3, 0.4) is 0 Å². The van der Waals surface area contributed by atoms with Crippen molar-refractivity contribution in [2.75, 3.05) is 12.2 Å². The van der Waals surface area contributed by atoms with E-state index in [1.807, 2.05) is 6.92 Å². The van der Waals surface area contributed by atoms with Crippen molar-refractivity contribution in [3.8, 4) is 0 Å². The van der Waals surface area contributed by atoms with Crippen molar-refractivity contribution in [2.24, 2.45) is 28.6 Å². The van der Waals surface area contributed by atoms with E-state index >= 15 is 0 Å². The molecule has 3 fully saturated rings. The van der Waals surface area contributed by atoms with Crippen LogP contribution < -0.4 is 0 Å². The Labute approximate surface area is 177 Å². The Bertz CT molecular complexity index is 908. The molecule has 168 valence electrons. The number of ether oxygens (including phenoxy) is 1. The zero-order valence-corrected chi connectivity index (χ0v) is 18.7. The van der Waals surface area contributed by atoms with E-state index in [2.05, 4.69) is 6.92 Å². The summed E-state index contributed by atoms with van der Waals surface area (Å²) in [6.07, 6.45) is 5.91. The van der Waals surface area contributed by atoms with Gasteiger partial charge in [-0.05, 0) is 67.8 Å². The number of allylic oxidation sites excluding steroid dienone is 1. The average Bonchev–Trinajstić information content (AvgIpc) is 2.91. The van der Waals surface area contributed by atoms with E-state index < -0.39 is 38.9 Å². The molecule has 0 spiro atoms. The third-order valence-corrected chi connectivity index (χ3v) is 9.34. The lowest BCUT2D eigenvalue weighted by Gasteiger charge is -2.60. The summed E-state index contributed by atoms with van der Waals surface area (Å²) in [5.41, 5.74) is -1.81. The van der Waals surface area contributed by atoms with Gasteiger partial charge in [-0.15, -0.1) is 0 Å². The van der Waals surface area contributed by atoms with Crippen molar-refractivity contribution in [3.05, 3.63) is 11.6 Å². The van der Waals surface area contributed by atoms with Crippen LogP contribution in [-0.2, 0) is 24.2 Å². The van der Waals surface area contributed by atoms with Crippen molar-refractivity contribution in [1.82, 2.24) is 0 Å². The first-order valence-electron chi connectivity index (χ1n) is 10.8. The Balaban J connectivity index is 1.65. The van der Waals surface area contributed by atoms with E-state index in [1.54, 1.807) is 6.08 Å². The summed E-state index contributed by atoms with van der Waals surface area (Å²) < 4.78 is 27.8. The second kappa shape index (κ2) is 6.87. The highest BCUT2D eigenvalue weighted by molar-refractivity contribution is 7.90. The minimum atomic E-state index is -3.52. The van der Waals surface area contributed by atoms with Gasteiger partial charge in [-0.3, -0.25) is 4.79 Å². The molecule has 0 amide bonds. The monoisotopic (exact) mass is 440 g/mol. The maximum atomic E-state index is 12.8. The van der Waals surface area contributed by atoms with Gasteiger partial charge in [-0.2, -0.15) is 0 Å². The third kappa shape index (κ3) is 3.09. The van der Waals surface area contributed by atoms with Crippen LogP contribution in [0.15, 0.2) is 11.6 Å². The zero-order valence-electron chi connectivity index (χ0n) is 17.9. The summed E-state index contributed by atoms with van der Waals surface area (Å²) in [7, 11) is -3.52. The van der Waals surface area contributed by atoms with Gasteiger partial charge in [0.25, 0.3) is 0 Å². The molecule has 4 aliphatic rings. The smallest absolute Gasteiger partial charge is 0.339 e. The minimum absolute atomic E-state index is 0.0157. The summed E-state index contributed by atoms with van der Waals surface area (Å²) in [4.78, 5) is 24.8. The number of fused-ring (bicyclic) bond motifs is 5. The first kappa shape index (κ1) is 22.0. The Morgan fingerprint density at radius 3 is 2.60 bits per heavy atom. The predicted molar refractivity (Wildman–Crippen MR) is 109 cm³/mol. The molecule has 2 N–H and O–H groups in total. The highest BCUT2D eigenvalue weighted by atomic mass is 32.2. The molecule has 7 nitrogen and oxygen atoms in total. The molecule has 0 aromatic heterocycles. The number of sulfone groups is 1. The fourth-order valence-corrected chi connectivity index (χ4v) is 7.63. The van der Waals surface area contributed by atoms with Crippen LogP contribution in [0.1, 0.15) is 58.8 Å². The second-order valence-electron chi connectivity index (χ2n) is 10.5. The normalized spacial score (nSPS) is 45.8. The van der Waals surface area contributed by atoms with Crippen molar-refractivity contribution in [3.63, 3.8) is 0 Å². The molecule has 0 radical (unpaired) electrons. The van der Waals surface area contributed by atoms with Crippen LogP contribution in [0.2, 0.25) is 0 Å². The molecular weight excluding hydrogens is 408 g/mol. The molecule has 0 saturated heterocycles. The predicted octanol–water partition coefficient (Wildman–Crippen LogP) is 1.77. The molecule has 0 bridgehead atoms. The molecule has 8 heteroatoms. The van der Waals surface area contributed by atoms with Gasteiger partial charge in [0.15, 0.2) is 27.2 Å². The van der Waals surface area contributed by atoms with Crippen LogP contribution in [0, 0.1) is 28.6 Å². The molecular formula is C22H32O7S. The van der Waals surface area contributed by atoms with Gasteiger partial charge in [-0.1, -0.05) is 19.4 Å². The van der Waals surface area contributed by atoms with Gasteiger partial charge in [0.05, 0.1) is 6.10 Å². The number of carbonyl (C=O) groups excluding carboxylic acids is 2. The van der Waals surface area contributed by atoms with E-state index in [-0.39, 0.29) is 41.8 Å². The lowest BCUT2D eigenvalue weighted by molar-refractivity contribution is -0.198. The Kier molecular flexibility index (Phi) is 5.03. The number of ketones is 1. The van der Waals surface area contributed by atoms with E-state index in [0.29, 0.717) is 12.8 Å². The summed E-state index contributed by atoms with van der Waals surface area (Å²) in [6.45, 7) is 3.99. The fraction of sp³-hybridized carbons (Fsp3) is 0.818. The van der Waals surface area contributed by atoms with Gasteiger partial charge < -0.3 is 14.9 Å². The number of hydrogen-bond donors (Lipinski definition) is 2. The first-order chi connectivity index (χ1) is 13.8. The topological polar surface area (TPSA) is 118 Å². The maximum absolute atomic E-state index is 12.8. The van der Waals surface area contributed by atoms with E-state index in [1.165, 1.54) is 0 Å². The van der Waals surface area contributed by atoms with Gasteiger partial charge >= 0.3 is 5.97 Å². The van der Waals surface area contributed by atoms with Crippen molar-refractivity contribution in [1.29, 1.82) is 0 Å². The van der Waals surface area contributed by atoms with Crippen LogP contribution in [0.25, 0.3) is 0 Å². The minimum Gasteiger partial charge on any atom is -0.447 e. The molecule has 3 saturated carbocycles. The summed E-state index contributed by atoms with van der Waals surface area (Å²) in [5.74, 6) is -1.38. The summed E-state index contributed by atoms with van der Waals surface area (Å²) in [6, 6.07) is 0. The number of carbonyl (C=O) groups is 2. The second-order valence-corrected chi connectivity index (χ2v) is 12.5. The summed E-state index contributed by atoms with van der Waals surface area (Å²) in [5, 5.41) is 22.7. The molecule has 0 aromatic carbocycles. The zero-order chi connectivity index (χ0) is 22.1. The lowest BCUT2D eigenvalue weighted by Crippen LogP contribution is -2.62. The van der Waals surface area contributed by atoms with Crippen molar-refractivity contribution >= 4 is 21.6 Å². The van der Waals surface area contributed by atoms with E-state index in [4.69, 9.17) is 4.74 Å². The standard InChI is InChI=1S/C22H32O7S/c1-20-8-6-14(23)10-13(20)4-5-15-16-7-9-22(26,19(25)29-12-30(3,27)28)21(16,2)11-17(24)18(15)20/h10,15-18,24,26H,4-9,11-12H2,1-3H3/t15-,16-,17?,18-,20-,21-,22?/m0/s1. The molecule has 30 heavy (non-hydrogen) atoms. The van der Waals surface area contributed by atoms with Gasteiger partial charge in [0.2, 0.25) is 0 Å². The maximum Gasteiger partial charge on any atom is 0.339 e. The molecule has 0 aliphatic heterocycles. The molecule has 4 aliphatic carbocycles. The molecule has 0 aromatic rings. The molecule has 7 atom stereocenters. The molecule has 0 heterocycles. The number of aliphatic hydroxyl groups is 2. The number of aliphatic hydroxyl groups excluding tert-OH is 1. The lowest BCUT2D eigenvalue weighted by atomic mass is 9.45. The average molecular weight is 441 g/mol. The largest absolute Gasteiger partial charge is 0.447 e. The Hall–Kier alpha value is -1.25. The van der Waals surface area contributed by atoms with Crippen LogP contribution in [0.5, 0.6) is 0 Å². The van der Waals surface area contributed by atoms with Gasteiger partial charge in [0, 0.05) is 18.1 Å². The first-order valence-corrected chi connectivity index (χ1v) is 12.9. The van der Waals surface area contributed by atoms with Crippen LogP contribution in [0.4, 0.5) is 0 Å². The van der Waals surface area contributed by atoms with Crippen molar-refractivity contribution in [2.45, 2.75) is 70.5 Å². The number of rotatable bonds is 3. The highest BCUT2D eigenvalue weighted by Gasteiger charge is 2.69. The van der Waals surface area contributed by atoms with Crippen LogP contribution >= 0.6 is 0 Å². The number of hydrogen-bond acceptors (Lipinski definition) is 7. The molecule has 4 rings (SSSR count).